The van der Waals surface area contributed by atoms with Gasteiger partial charge in [-0.3, -0.25) is 9.59 Å². The lowest BCUT2D eigenvalue weighted by Gasteiger charge is -2.27. The average Bonchev–Trinajstić information content (AvgIpc) is 2.42. The Bertz CT molecular complexity index is 295. The molecule has 4 heteroatoms. The molecule has 1 aliphatic heterocycles. The molecule has 2 atom stereocenters. The summed E-state index contributed by atoms with van der Waals surface area (Å²) in [5.74, 6) is -0.190. The Morgan fingerprint density at radius 3 is 2.65 bits per heavy atom. The van der Waals surface area contributed by atoms with Crippen LogP contribution in [0.4, 0.5) is 0 Å². The third-order valence-electron chi connectivity index (χ3n) is 3.56. The van der Waals surface area contributed by atoms with Gasteiger partial charge in [0.1, 0.15) is 11.9 Å². The molecule has 0 saturated carbocycles. The standard InChI is InChI=1S/C16H28O4/c1-3-4-5-6-9-15(14(18)12-13(2)17)20-16-10-7-8-11-19-16/h15-16H,3-12H2,1-2H3. The number of rotatable bonds is 10. The first-order chi connectivity index (χ1) is 9.63. The Morgan fingerprint density at radius 1 is 1.25 bits per heavy atom. The van der Waals surface area contributed by atoms with E-state index < -0.39 is 6.10 Å². The first-order valence-corrected chi connectivity index (χ1v) is 7.92. The average molecular weight is 284 g/mol. The number of Topliss-reactive ketones (excluding diaryl/α,β-unsaturated/α-hetero) is 2. The van der Waals surface area contributed by atoms with Gasteiger partial charge in [-0.15, -0.1) is 0 Å². The highest BCUT2D eigenvalue weighted by atomic mass is 16.7. The van der Waals surface area contributed by atoms with E-state index in [1.165, 1.54) is 19.8 Å². The summed E-state index contributed by atoms with van der Waals surface area (Å²) in [5.41, 5.74) is 0. The minimum absolute atomic E-state index is 0.0227. The van der Waals surface area contributed by atoms with E-state index in [1.54, 1.807) is 0 Å². The third-order valence-corrected chi connectivity index (χ3v) is 3.56. The normalized spacial score (nSPS) is 20.6. The molecular weight excluding hydrogens is 256 g/mol. The zero-order valence-corrected chi connectivity index (χ0v) is 12.9. The SMILES string of the molecule is CCCCCCC(OC1CCCCO1)C(=O)CC(C)=O. The fraction of sp³-hybridized carbons (Fsp3) is 0.875. The van der Waals surface area contributed by atoms with Crippen molar-refractivity contribution in [1.29, 1.82) is 0 Å². The minimum atomic E-state index is -0.473. The lowest BCUT2D eigenvalue weighted by atomic mass is 10.0. The van der Waals surface area contributed by atoms with E-state index in [0.29, 0.717) is 13.0 Å². The van der Waals surface area contributed by atoms with Crippen LogP contribution in [0.5, 0.6) is 0 Å². The molecule has 0 aromatic carbocycles. The maximum atomic E-state index is 12.1. The van der Waals surface area contributed by atoms with Crippen LogP contribution < -0.4 is 0 Å². The molecule has 0 bridgehead atoms. The van der Waals surface area contributed by atoms with Crippen molar-refractivity contribution in [2.75, 3.05) is 6.61 Å². The second-order valence-electron chi connectivity index (χ2n) is 5.62. The molecule has 0 aromatic rings. The number of ketones is 2. The summed E-state index contributed by atoms with van der Waals surface area (Å²) in [6.45, 7) is 4.31. The van der Waals surface area contributed by atoms with Gasteiger partial charge >= 0.3 is 0 Å². The Kier molecular flexibility index (Phi) is 8.70. The van der Waals surface area contributed by atoms with Crippen molar-refractivity contribution in [2.45, 2.75) is 84.0 Å². The molecule has 4 nitrogen and oxygen atoms in total. The smallest absolute Gasteiger partial charge is 0.168 e. The molecule has 1 saturated heterocycles. The van der Waals surface area contributed by atoms with Crippen LogP contribution in [0.1, 0.15) is 71.6 Å². The number of unbranched alkanes of at least 4 members (excludes halogenated alkanes) is 3. The summed E-state index contributed by atoms with van der Waals surface area (Å²) in [4.78, 5) is 23.2. The molecule has 2 unspecified atom stereocenters. The zero-order valence-electron chi connectivity index (χ0n) is 12.9. The number of hydrogen-bond acceptors (Lipinski definition) is 4. The summed E-state index contributed by atoms with van der Waals surface area (Å²) in [6, 6.07) is 0. The van der Waals surface area contributed by atoms with Crippen molar-refractivity contribution in [1.82, 2.24) is 0 Å². The summed E-state index contributed by atoms with van der Waals surface area (Å²) in [7, 11) is 0. The molecule has 0 radical (unpaired) electrons. The number of ether oxygens (including phenoxy) is 2. The van der Waals surface area contributed by atoms with Crippen LogP contribution in [0.15, 0.2) is 0 Å². The largest absolute Gasteiger partial charge is 0.353 e. The van der Waals surface area contributed by atoms with Gasteiger partial charge in [0.05, 0.1) is 6.42 Å². The van der Waals surface area contributed by atoms with Gasteiger partial charge in [0.2, 0.25) is 0 Å². The molecule has 0 aromatic heterocycles. The van der Waals surface area contributed by atoms with Crippen LogP contribution in [0, 0.1) is 0 Å². The molecule has 1 aliphatic rings. The molecule has 1 fully saturated rings. The molecule has 0 spiro atoms. The second kappa shape index (κ2) is 10.1. The molecule has 1 heterocycles. The predicted molar refractivity (Wildman–Crippen MR) is 77.5 cm³/mol. The van der Waals surface area contributed by atoms with Crippen LogP contribution in [0.3, 0.4) is 0 Å². The first-order valence-electron chi connectivity index (χ1n) is 7.92. The van der Waals surface area contributed by atoms with Crippen molar-refractivity contribution in [3.05, 3.63) is 0 Å². The van der Waals surface area contributed by atoms with E-state index in [2.05, 4.69) is 6.92 Å². The van der Waals surface area contributed by atoms with Gasteiger partial charge in [-0.25, -0.2) is 0 Å². The van der Waals surface area contributed by atoms with Gasteiger partial charge in [0.15, 0.2) is 12.1 Å². The molecule has 20 heavy (non-hydrogen) atoms. The molecule has 0 amide bonds. The highest BCUT2D eigenvalue weighted by molar-refractivity contribution is 6.00. The van der Waals surface area contributed by atoms with Gasteiger partial charge in [-0.1, -0.05) is 32.6 Å². The van der Waals surface area contributed by atoms with Crippen molar-refractivity contribution in [2.24, 2.45) is 0 Å². The topological polar surface area (TPSA) is 52.6 Å². The van der Waals surface area contributed by atoms with Crippen LogP contribution >= 0.6 is 0 Å². The Morgan fingerprint density at radius 2 is 2.05 bits per heavy atom. The lowest BCUT2D eigenvalue weighted by molar-refractivity contribution is -0.192. The summed E-state index contributed by atoms with van der Waals surface area (Å²) >= 11 is 0. The van der Waals surface area contributed by atoms with Gasteiger partial charge in [0.25, 0.3) is 0 Å². The maximum absolute atomic E-state index is 12.1. The van der Waals surface area contributed by atoms with E-state index >= 15 is 0 Å². The van der Waals surface area contributed by atoms with E-state index in [1.807, 2.05) is 0 Å². The number of hydrogen-bond donors (Lipinski definition) is 0. The van der Waals surface area contributed by atoms with Crippen LogP contribution in [-0.4, -0.2) is 30.6 Å². The Hall–Kier alpha value is -0.740. The number of carbonyl (C=O) groups excluding carboxylic acids is 2. The van der Waals surface area contributed by atoms with Gasteiger partial charge in [0, 0.05) is 6.61 Å². The van der Waals surface area contributed by atoms with Crippen LogP contribution in [0.2, 0.25) is 0 Å². The Balaban J connectivity index is 2.43. The molecule has 0 N–H and O–H groups in total. The fourth-order valence-corrected chi connectivity index (χ4v) is 2.42. The Labute approximate surface area is 122 Å². The predicted octanol–water partition coefficient (Wildman–Crippen LogP) is 3.42. The fourth-order valence-electron chi connectivity index (χ4n) is 2.42. The minimum Gasteiger partial charge on any atom is -0.353 e. The van der Waals surface area contributed by atoms with E-state index in [4.69, 9.17) is 9.47 Å². The molecular formula is C16H28O4. The van der Waals surface area contributed by atoms with Crippen molar-refractivity contribution < 1.29 is 19.1 Å². The van der Waals surface area contributed by atoms with E-state index in [9.17, 15) is 9.59 Å². The van der Waals surface area contributed by atoms with Crippen molar-refractivity contribution >= 4 is 11.6 Å². The first kappa shape index (κ1) is 17.3. The van der Waals surface area contributed by atoms with Crippen molar-refractivity contribution in [3.8, 4) is 0 Å². The zero-order chi connectivity index (χ0) is 14.8. The van der Waals surface area contributed by atoms with Crippen LogP contribution in [-0.2, 0) is 19.1 Å². The van der Waals surface area contributed by atoms with E-state index in [0.717, 1.165) is 32.1 Å². The van der Waals surface area contributed by atoms with Crippen LogP contribution in [0.25, 0.3) is 0 Å². The summed E-state index contributed by atoms with van der Waals surface area (Å²) < 4.78 is 11.3. The monoisotopic (exact) mass is 284 g/mol. The summed E-state index contributed by atoms with van der Waals surface area (Å²) in [5, 5.41) is 0. The van der Waals surface area contributed by atoms with Crippen molar-refractivity contribution in [3.63, 3.8) is 0 Å². The van der Waals surface area contributed by atoms with Gasteiger partial charge in [-0.05, 0) is 32.6 Å². The second-order valence-corrected chi connectivity index (χ2v) is 5.62. The maximum Gasteiger partial charge on any atom is 0.168 e. The van der Waals surface area contributed by atoms with E-state index in [-0.39, 0.29) is 24.3 Å². The molecule has 0 aliphatic carbocycles. The lowest BCUT2D eigenvalue weighted by Crippen LogP contribution is -2.33. The number of carbonyl (C=O) groups is 2. The quantitative estimate of drug-likeness (QED) is 0.455. The van der Waals surface area contributed by atoms with Gasteiger partial charge in [-0.2, -0.15) is 0 Å². The van der Waals surface area contributed by atoms with Gasteiger partial charge < -0.3 is 9.47 Å². The summed E-state index contributed by atoms with van der Waals surface area (Å²) in [6.07, 6.45) is 7.33. The highest BCUT2D eigenvalue weighted by Crippen LogP contribution is 2.19. The highest BCUT2D eigenvalue weighted by Gasteiger charge is 2.25. The third kappa shape index (κ3) is 7.15. The molecule has 1 rings (SSSR count). The molecule has 116 valence electrons.